The van der Waals surface area contributed by atoms with E-state index in [0.717, 1.165) is 63.4 Å². The molecule has 3 heterocycles. The van der Waals surface area contributed by atoms with Crippen LogP contribution >= 0.6 is 11.7 Å². The van der Waals surface area contributed by atoms with Crippen LogP contribution in [-0.2, 0) is 12.8 Å². The molecule has 13 aromatic rings. The highest BCUT2D eigenvalue weighted by Gasteiger charge is 2.23. The molecule has 0 saturated carbocycles. The fraction of sp³-hybridized carbons (Fsp3) is 0.0667. The Morgan fingerprint density at radius 2 is 1.08 bits per heavy atom. The zero-order valence-electron chi connectivity index (χ0n) is 36.6. The predicted octanol–water partition coefficient (Wildman–Crippen LogP) is 16.5. The number of aromatic nitrogens is 4. The molecule has 0 fully saturated rings. The highest BCUT2D eigenvalue weighted by atomic mass is 32.1. The van der Waals surface area contributed by atoms with E-state index in [0.29, 0.717) is 0 Å². The lowest BCUT2D eigenvalue weighted by Crippen LogP contribution is -2.11. The van der Waals surface area contributed by atoms with Crippen LogP contribution < -0.4 is 4.90 Å². The second kappa shape index (κ2) is 15.3. The molecule has 3 aromatic heterocycles. The number of para-hydroxylation sites is 1. The highest BCUT2D eigenvalue weighted by Crippen LogP contribution is 2.44. The van der Waals surface area contributed by atoms with E-state index < -0.39 is 0 Å². The third kappa shape index (κ3) is 5.92. The van der Waals surface area contributed by atoms with Crippen molar-refractivity contribution in [3.8, 4) is 22.5 Å². The molecule has 314 valence electrons. The maximum atomic E-state index is 5.02. The minimum Gasteiger partial charge on any atom is -0.309 e. The van der Waals surface area contributed by atoms with E-state index in [1.54, 1.807) is 0 Å². The molecule has 0 amide bonds. The van der Waals surface area contributed by atoms with Gasteiger partial charge in [-0.15, -0.1) is 0 Å². The fourth-order valence-corrected chi connectivity index (χ4v) is 11.1. The van der Waals surface area contributed by atoms with Gasteiger partial charge in [-0.05, 0) is 131 Å². The van der Waals surface area contributed by atoms with Gasteiger partial charge in [-0.2, -0.15) is 8.75 Å². The maximum Gasteiger partial charge on any atom is 0.129 e. The molecule has 0 saturated heterocycles. The van der Waals surface area contributed by atoms with Gasteiger partial charge in [0.15, 0.2) is 0 Å². The van der Waals surface area contributed by atoms with Crippen LogP contribution in [0.4, 0.5) is 17.1 Å². The van der Waals surface area contributed by atoms with Gasteiger partial charge in [0.2, 0.25) is 0 Å². The normalized spacial score (nSPS) is 11.9. The summed E-state index contributed by atoms with van der Waals surface area (Å²) in [6, 6.07) is 73.4. The molecular weight excluding hydrogens is 823 g/mol. The van der Waals surface area contributed by atoms with Crippen molar-refractivity contribution < 1.29 is 0 Å². The third-order valence-electron chi connectivity index (χ3n) is 13.7. The van der Waals surface area contributed by atoms with Crippen LogP contribution in [0.25, 0.3) is 98.7 Å². The number of anilines is 3. The maximum absolute atomic E-state index is 5.02. The first-order chi connectivity index (χ1) is 32.6. The fourth-order valence-electron chi connectivity index (χ4n) is 10.5. The van der Waals surface area contributed by atoms with Crippen molar-refractivity contribution in [3.63, 3.8) is 0 Å². The Morgan fingerprint density at radius 3 is 1.82 bits per heavy atom. The van der Waals surface area contributed by atoms with E-state index >= 15 is 0 Å². The lowest BCUT2D eigenvalue weighted by atomic mass is 10.0. The Bertz CT molecular complexity index is 3970. The first-order valence-corrected chi connectivity index (χ1v) is 23.6. The quantitative estimate of drug-likeness (QED) is 0.153. The minimum absolute atomic E-state index is 0.868. The molecule has 10 aromatic carbocycles. The summed E-state index contributed by atoms with van der Waals surface area (Å²) in [5, 5.41) is 10.1. The number of hydrogen-bond acceptors (Lipinski definition) is 4. The smallest absolute Gasteiger partial charge is 0.129 e. The minimum atomic E-state index is 0.868. The highest BCUT2D eigenvalue weighted by molar-refractivity contribution is 7.00. The van der Waals surface area contributed by atoms with Gasteiger partial charge in [0, 0.05) is 55.2 Å². The molecule has 0 aliphatic rings. The molecular formula is C60H43N5S. The average Bonchev–Trinajstić information content (AvgIpc) is 4.10. The summed E-state index contributed by atoms with van der Waals surface area (Å²) in [6.45, 7) is 4.46. The second-order valence-electron chi connectivity index (χ2n) is 17.3. The third-order valence-corrected chi connectivity index (χ3v) is 14.2. The SMILES string of the molecule is CCc1ccc2c(c1)c1cc(CC)ccc1n2-c1cccc(N(c2ccccc2)c2ccc(-c3ccc(-n4c5ccc6ccccc6c5c5ccc6ccccc6c54)cc3)c3nsnc23)c1. The van der Waals surface area contributed by atoms with Crippen LogP contribution in [0, 0.1) is 0 Å². The summed E-state index contributed by atoms with van der Waals surface area (Å²) in [5.74, 6) is 0. The summed E-state index contributed by atoms with van der Waals surface area (Å²) >= 11 is 1.26. The Balaban J connectivity index is 0.940. The molecule has 0 aliphatic heterocycles. The topological polar surface area (TPSA) is 38.9 Å². The Labute approximate surface area is 386 Å². The second-order valence-corrected chi connectivity index (χ2v) is 17.8. The van der Waals surface area contributed by atoms with Crippen molar-refractivity contribution in [2.24, 2.45) is 0 Å². The molecule has 5 nitrogen and oxygen atoms in total. The molecule has 0 unspecified atom stereocenters. The first-order valence-electron chi connectivity index (χ1n) is 22.9. The number of nitrogens with zero attached hydrogens (tertiary/aromatic N) is 5. The van der Waals surface area contributed by atoms with Crippen molar-refractivity contribution in [2.45, 2.75) is 26.7 Å². The molecule has 0 N–H and O–H groups in total. The van der Waals surface area contributed by atoms with Gasteiger partial charge in [-0.1, -0.05) is 129 Å². The van der Waals surface area contributed by atoms with Crippen LogP contribution in [0.3, 0.4) is 0 Å². The molecule has 13 rings (SSSR count). The number of rotatable bonds is 8. The molecule has 0 spiro atoms. The Hall–Kier alpha value is -8.06. The van der Waals surface area contributed by atoms with E-state index in [2.05, 4.69) is 228 Å². The predicted molar refractivity (Wildman–Crippen MR) is 280 cm³/mol. The standard InChI is InChI=1S/C60H43N5S/c1-3-38-21-31-53-51(35-38)52-36-39(4-2)22-32-54(52)64(53)46-18-12-17-45(37-46)63(43-15-6-5-7-16-43)56-34-30-48(58-59(56)62-66-61-58)42-23-27-44(28-24-42)65-55-33-26-40-13-8-10-19-47(40)57(55)50-29-25-41-14-9-11-20-49(41)60(50)65/h5-37H,3-4H2,1-2H3. The van der Waals surface area contributed by atoms with Gasteiger partial charge >= 0.3 is 0 Å². The number of benzene rings is 10. The molecule has 0 radical (unpaired) electrons. The number of aryl methyl sites for hydroxylation is 2. The van der Waals surface area contributed by atoms with E-state index in [9.17, 15) is 0 Å². The lowest BCUT2D eigenvalue weighted by Gasteiger charge is -2.26. The van der Waals surface area contributed by atoms with Crippen LogP contribution in [0.15, 0.2) is 200 Å². The van der Waals surface area contributed by atoms with E-state index in [4.69, 9.17) is 8.75 Å². The van der Waals surface area contributed by atoms with Crippen molar-refractivity contribution >= 4 is 105 Å². The average molecular weight is 866 g/mol. The molecule has 0 bridgehead atoms. The summed E-state index contributed by atoms with van der Waals surface area (Å²) in [4.78, 5) is 2.33. The van der Waals surface area contributed by atoms with Crippen molar-refractivity contribution in [2.75, 3.05) is 4.90 Å². The van der Waals surface area contributed by atoms with Crippen LogP contribution in [-0.4, -0.2) is 17.9 Å². The zero-order chi connectivity index (χ0) is 43.9. The Morgan fingerprint density at radius 1 is 0.439 bits per heavy atom. The molecule has 0 aliphatic carbocycles. The molecule has 0 atom stereocenters. The van der Waals surface area contributed by atoms with Gasteiger partial charge in [-0.3, -0.25) is 0 Å². The van der Waals surface area contributed by atoms with Crippen molar-refractivity contribution in [1.29, 1.82) is 0 Å². The number of hydrogen-bond donors (Lipinski definition) is 0. The van der Waals surface area contributed by atoms with Crippen molar-refractivity contribution in [1.82, 2.24) is 17.9 Å². The Kier molecular flexibility index (Phi) is 8.90. The van der Waals surface area contributed by atoms with Crippen LogP contribution in [0.5, 0.6) is 0 Å². The summed E-state index contributed by atoms with van der Waals surface area (Å²) in [6.07, 6.45) is 2.00. The summed E-state index contributed by atoms with van der Waals surface area (Å²) in [7, 11) is 0. The monoisotopic (exact) mass is 865 g/mol. The number of fused-ring (bicyclic) bond motifs is 11. The van der Waals surface area contributed by atoms with E-state index in [1.807, 2.05) is 0 Å². The first kappa shape index (κ1) is 38.4. The summed E-state index contributed by atoms with van der Waals surface area (Å²) < 4.78 is 14.9. The van der Waals surface area contributed by atoms with Crippen molar-refractivity contribution in [3.05, 3.63) is 211 Å². The van der Waals surface area contributed by atoms with Gasteiger partial charge in [0.1, 0.15) is 11.0 Å². The van der Waals surface area contributed by atoms with Gasteiger partial charge in [-0.25, -0.2) is 0 Å². The zero-order valence-corrected chi connectivity index (χ0v) is 37.4. The summed E-state index contributed by atoms with van der Waals surface area (Å²) in [5.41, 5.74) is 16.7. The largest absolute Gasteiger partial charge is 0.309 e. The molecule has 66 heavy (non-hydrogen) atoms. The molecule has 6 heteroatoms. The van der Waals surface area contributed by atoms with Crippen LogP contribution in [0.2, 0.25) is 0 Å². The van der Waals surface area contributed by atoms with Gasteiger partial charge < -0.3 is 14.0 Å². The van der Waals surface area contributed by atoms with Crippen LogP contribution in [0.1, 0.15) is 25.0 Å². The van der Waals surface area contributed by atoms with E-state index in [1.165, 1.54) is 88.0 Å². The lowest BCUT2D eigenvalue weighted by molar-refractivity contribution is 1.13. The van der Waals surface area contributed by atoms with Gasteiger partial charge in [0.25, 0.3) is 0 Å². The van der Waals surface area contributed by atoms with Gasteiger partial charge in [0.05, 0.1) is 39.5 Å². The van der Waals surface area contributed by atoms with E-state index in [-0.39, 0.29) is 0 Å².